The number of aliphatic hydroxyl groups excluding tert-OH is 1. The molecule has 0 amide bonds. The normalized spacial score (nSPS) is 12.7. The molecule has 4 nitrogen and oxygen atoms in total. The Kier molecular flexibility index (Phi) is 5.19. The fraction of sp³-hybridized carbons (Fsp3) is 0.316. The van der Waals surface area contributed by atoms with Gasteiger partial charge in [-0.15, -0.1) is 0 Å². The SMILES string of the molecule is Cc1cc2ncn(CC(O)COCc3ccccc3Cl)c2cc1C. The van der Waals surface area contributed by atoms with E-state index in [1.807, 2.05) is 28.8 Å². The number of aromatic nitrogens is 2. The fourth-order valence-electron chi connectivity index (χ4n) is 2.66. The van der Waals surface area contributed by atoms with Gasteiger partial charge in [-0.05, 0) is 48.7 Å². The Hall–Kier alpha value is -1.88. The lowest BCUT2D eigenvalue weighted by Gasteiger charge is -2.13. The molecule has 5 heteroatoms. The zero-order chi connectivity index (χ0) is 17.1. The first-order valence-electron chi connectivity index (χ1n) is 7.96. The largest absolute Gasteiger partial charge is 0.389 e. The summed E-state index contributed by atoms with van der Waals surface area (Å²) in [6.07, 6.45) is 1.16. The van der Waals surface area contributed by atoms with Crippen LogP contribution in [0.1, 0.15) is 16.7 Å². The highest BCUT2D eigenvalue weighted by Gasteiger charge is 2.10. The average molecular weight is 345 g/mol. The van der Waals surface area contributed by atoms with Gasteiger partial charge in [0.1, 0.15) is 0 Å². The van der Waals surface area contributed by atoms with Crippen molar-refractivity contribution in [3.63, 3.8) is 0 Å². The topological polar surface area (TPSA) is 47.3 Å². The molecule has 3 aromatic rings. The number of benzene rings is 2. The van der Waals surface area contributed by atoms with E-state index in [0.717, 1.165) is 16.6 Å². The van der Waals surface area contributed by atoms with Crippen molar-refractivity contribution in [3.8, 4) is 0 Å². The smallest absolute Gasteiger partial charge is 0.0959 e. The maximum absolute atomic E-state index is 10.2. The Morgan fingerprint density at radius 2 is 1.96 bits per heavy atom. The zero-order valence-corrected chi connectivity index (χ0v) is 14.6. The van der Waals surface area contributed by atoms with E-state index < -0.39 is 6.10 Å². The van der Waals surface area contributed by atoms with Crippen molar-refractivity contribution in [2.24, 2.45) is 0 Å². The zero-order valence-electron chi connectivity index (χ0n) is 13.9. The van der Waals surface area contributed by atoms with Crippen LogP contribution in [0.15, 0.2) is 42.7 Å². The first kappa shape index (κ1) is 17.0. The van der Waals surface area contributed by atoms with Crippen LogP contribution in [0.2, 0.25) is 5.02 Å². The molecular formula is C19H21ClN2O2. The molecule has 126 valence electrons. The Morgan fingerprint density at radius 3 is 2.75 bits per heavy atom. The number of aryl methyl sites for hydroxylation is 2. The molecule has 0 aliphatic heterocycles. The molecule has 0 spiro atoms. The maximum Gasteiger partial charge on any atom is 0.0959 e. The molecule has 24 heavy (non-hydrogen) atoms. The van der Waals surface area contributed by atoms with Gasteiger partial charge in [0.05, 0.1) is 43.2 Å². The molecular weight excluding hydrogens is 324 g/mol. The third-order valence-corrected chi connectivity index (χ3v) is 4.54. The van der Waals surface area contributed by atoms with E-state index in [-0.39, 0.29) is 6.61 Å². The lowest BCUT2D eigenvalue weighted by atomic mass is 10.1. The summed E-state index contributed by atoms with van der Waals surface area (Å²) in [6, 6.07) is 11.7. The van der Waals surface area contributed by atoms with Crippen molar-refractivity contribution in [2.45, 2.75) is 33.1 Å². The van der Waals surface area contributed by atoms with Gasteiger partial charge in [0.25, 0.3) is 0 Å². The summed E-state index contributed by atoms with van der Waals surface area (Å²) in [7, 11) is 0. The van der Waals surface area contributed by atoms with Gasteiger partial charge >= 0.3 is 0 Å². The monoisotopic (exact) mass is 344 g/mol. The van der Waals surface area contributed by atoms with Gasteiger partial charge in [0.15, 0.2) is 0 Å². The van der Waals surface area contributed by atoms with E-state index in [2.05, 4.69) is 31.0 Å². The summed E-state index contributed by atoms with van der Waals surface area (Å²) in [4.78, 5) is 4.41. The Labute approximate surface area is 146 Å². The first-order chi connectivity index (χ1) is 11.5. The minimum atomic E-state index is -0.605. The van der Waals surface area contributed by atoms with Gasteiger partial charge in [-0.2, -0.15) is 0 Å². The quantitative estimate of drug-likeness (QED) is 0.738. The molecule has 1 aromatic heterocycles. The molecule has 2 aromatic carbocycles. The van der Waals surface area contributed by atoms with Gasteiger partial charge in [-0.1, -0.05) is 29.8 Å². The molecule has 0 aliphatic carbocycles. The predicted molar refractivity (Wildman–Crippen MR) is 96.3 cm³/mol. The highest BCUT2D eigenvalue weighted by atomic mass is 35.5. The highest BCUT2D eigenvalue weighted by molar-refractivity contribution is 6.31. The Morgan fingerprint density at radius 1 is 1.21 bits per heavy atom. The van der Waals surface area contributed by atoms with Crippen molar-refractivity contribution < 1.29 is 9.84 Å². The van der Waals surface area contributed by atoms with E-state index in [9.17, 15) is 5.11 Å². The standard InChI is InChI=1S/C19H21ClN2O2/c1-13-7-18-19(8-14(13)2)22(12-21-18)9-16(23)11-24-10-15-5-3-4-6-17(15)20/h3-8,12,16,23H,9-11H2,1-2H3. The number of ether oxygens (including phenoxy) is 1. The number of rotatable bonds is 6. The number of halogens is 1. The second-order valence-electron chi connectivity index (χ2n) is 6.08. The van der Waals surface area contributed by atoms with Crippen LogP contribution in [-0.2, 0) is 17.9 Å². The summed E-state index contributed by atoms with van der Waals surface area (Å²) in [5.41, 5.74) is 5.33. The minimum Gasteiger partial charge on any atom is -0.389 e. The summed E-state index contributed by atoms with van der Waals surface area (Å²) in [5, 5.41) is 10.9. The summed E-state index contributed by atoms with van der Waals surface area (Å²) < 4.78 is 7.56. The highest BCUT2D eigenvalue weighted by Crippen LogP contribution is 2.19. The van der Waals surface area contributed by atoms with E-state index >= 15 is 0 Å². The van der Waals surface area contributed by atoms with Crippen molar-refractivity contribution in [1.82, 2.24) is 9.55 Å². The summed E-state index contributed by atoms with van der Waals surface area (Å²) in [5.74, 6) is 0. The molecule has 3 rings (SSSR count). The molecule has 0 saturated heterocycles. The van der Waals surface area contributed by atoms with Gasteiger partial charge in [0, 0.05) is 5.02 Å². The second-order valence-corrected chi connectivity index (χ2v) is 6.49. The van der Waals surface area contributed by atoms with Gasteiger partial charge in [0.2, 0.25) is 0 Å². The minimum absolute atomic E-state index is 0.246. The van der Waals surface area contributed by atoms with Crippen molar-refractivity contribution in [2.75, 3.05) is 6.61 Å². The van der Waals surface area contributed by atoms with Crippen LogP contribution < -0.4 is 0 Å². The molecule has 0 saturated carbocycles. The Bertz CT molecular complexity index is 844. The van der Waals surface area contributed by atoms with Crippen LogP contribution in [0.3, 0.4) is 0 Å². The van der Waals surface area contributed by atoms with E-state index in [0.29, 0.717) is 18.2 Å². The summed E-state index contributed by atoms with van der Waals surface area (Å²) >= 11 is 6.09. The maximum atomic E-state index is 10.2. The van der Waals surface area contributed by atoms with E-state index in [1.165, 1.54) is 11.1 Å². The molecule has 1 unspecified atom stereocenters. The average Bonchev–Trinajstić information content (AvgIpc) is 2.92. The number of aliphatic hydroxyl groups is 1. The van der Waals surface area contributed by atoms with Gasteiger partial charge in [-0.3, -0.25) is 0 Å². The van der Waals surface area contributed by atoms with Crippen LogP contribution in [0.4, 0.5) is 0 Å². The molecule has 1 N–H and O–H groups in total. The van der Waals surface area contributed by atoms with Crippen molar-refractivity contribution in [1.29, 1.82) is 0 Å². The van der Waals surface area contributed by atoms with E-state index in [1.54, 1.807) is 6.33 Å². The summed E-state index contributed by atoms with van der Waals surface area (Å²) in [6.45, 7) is 5.23. The molecule has 1 heterocycles. The number of imidazole rings is 1. The molecule has 0 bridgehead atoms. The second kappa shape index (κ2) is 7.34. The first-order valence-corrected chi connectivity index (χ1v) is 8.33. The fourth-order valence-corrected chi connectivity index (χ4v) is 2.85. The van der Waals surface area contributed by atoms with Crippen LogP contribution >= 0.6 is 11.6 Å². The van der Waals surface area contributed by atoms with Crippen molar-refractivity contribution >= 4 is 22.6 Å². The number of fused-ring (bicyclic) bond motifs is 1. The predicted octanol–water partition coefficient (Wildman–Crippen LogP) is 3.88. The third-order valence-electron chi connectivity index (χ3n) is 4.17. The molecule has 0 fully saturated rings. The lowest BCUT2D eigenvalue weighted by Crippen LogP contribution is -2.21. The number of hydrogen-bond acceptors (Lipinski definition) is 3. The Balaban J connectivity index is 1.60. The number of hydrogen-bond donors (Lipinski definition) is 1. The number of nitrogens with zero attached hydrogens (tertiary/aromatic N) is 2. The van der Waals surface area contributed by atoms with Gasteiger partial charge in [-0.25, -0.2) is 4.98 Å². The molecule has 1 atom stereocenters. The lowest BCUT2D eigenvalue weighted by molar-refractivity contribution is 0.0209. The molecule has 0 radical (unpaired) electrons. The van der Waals surface area contributed by atoms with Crippen LogP contribution in [0.25, 0.3) is 11.0 Å². The van der Waals surface area contributed by atoms with E-state index in [4.69, 9.17) is 16.3 Å². The van der Waals surface area contributed by atoms with Crippen LogP contribution in [0, 0.1) is 13.8 Å². The third kappa shape index (κ3) is 3.78. The van der Waals surface area contributed by atoms with Crippen LogP contribution in [0.5, 0.6) is 0 Å². The molecule has 0 aliphatic rings. The van der Waals surface area contributed by atoms with Crippen molar-refractivity contribution in [3.05, 3.63) is 64.4 Å². The van der Waals surface area contributed by atoms with Crippen LogP contribution in [-0.4, -0.2) is 27.4 Å². The van der Waals surface area contributed by atoms with Gasteiger partial charge < -0.3 is 14.4 Å².